The molecular formula is C19H28BrN5O2S. The van der Waals surface area contributed by atoms with E-state index in [2.05, 4.69) is 42.4 Å². The number of piperidine rings is 1. The summed E-state index contributed by atoms with van der Waals surface area (Å²) in [5.41, 5.74) is 1.66. The van der Waals surface area contributed by atoms with E-state index < -0.39 is 11.0 Å². The summed E-state index contributed by atoms with van der Waals surface area (Å²) in [4.78, 5) is 14.7. The molecule has 9 heteroatoms. The van der Waals surface area contributed by atoms with E-state index in [0.717, 1.165) is 54.0 Å². The van der Waals surface area contributed by atoms with Gasteiger partial charge in [-0.05, 0) is 56.5 Å². The van der Waals surface area contributed by atoms with Crippen molar-refractivity contribution in [1.29, 1.82) is 0 Å². The number of ether oxygens (including phenoxy) is 1. The van der Waals surface area contributed by atoms with Gasteiger partial charge in [0.25, 0.3) is 0 Å². The second-order valence-electron chi connectivity index (χ2n) is 8.90. The number of hydrogen-bond acceptors (Lipinski definition) is 5. The highest BCUT2D eigenvalue weighted by Crippen LogP contribution is 2.43. The highest BCUT2D eigenvalue weighted by Gasteiger charge is 2.50. The first kappa shape index (κ1) is 20.3. The van der Waals surface area contributed by atoms with Gasteiger partial charge in [-0.3, -0.25) is 0 Å². The molecular weight excluding hydrogens is 442 g/mol. The summed E-state index contributed by atoms with van der Waals surface area (Å²) in [6, 6.07) is 0.0997. The molecule has 0 aliphatic carbocycles. The van der Waals surface area contributed by atoms with E-state index in [1.54, 1.807) is 0 Å². The van der Waals surface area contributed by atoms with E-state index in [1.165, 1.54) is 0 Å². The Hall–Kier alpha value is -1.03. The molecule has 0 radical (unpaired) electrons. The van der Waals surface area contributed by atoms with E-state index in [1.807, 2.05) is 33.2 Å². The Balaban J connectivity index is 1.48. The minimum absolute atomic E-state index is 0.0177. The van der Waals surface area contributed by atoms with E-state index in [0.29, 0.717) is 0 Å². The zero-order chi connectivity index (χ0) is 20.1. The van der Waals surface area contributed by atoms with Gasteiger partial charge in [-0.15, -0.1) is 0 Å². The van der Waals surface area contributed by atoms with Gasteiger partial charge in [0.15, 0.2) is 5.65 Å². The third-order valence-electron chi connectivity index (χ3n) is 5.96. The van der Waals surface area contributed by atoms with Crippen molar-refractivity contribution in [1.82, 2.24) is 19.7 Å². The van der Waals surface area contributed by atoms with Crippen molar-refractivity contribution in [3.8, 4) is 0 Å². The first-order chi connectivity index (χ1) is 13.2. The number of fused-ring (bicyclic) bond motifs is 1. The lowest BCUT2D eigenvalue weighted by atomic mass is 9.73. The summed E-state index contributed by atoms with van der Waals surface area (Å²) in [5, 5.41) is 0. The maximum absolute atomic E-state index is 12.7. The zero-order valence-corrected chi connectivity index (χ0v) is 19.2. The van der Waals surface area contributed by atoms with Crippen LogP contribution in [0.15, 0.2) is 16.9 Å². The first-order valence-electron chi connectivity index (χ1n) is 9.74. The molecule has 2 aromatic heterocycles. The van der Waals surface area contributed by atoms with Gasteiger partial charge in [-0.2, -0.15) is 0 Å². The quantitative estimate of drug-likeness (QED) is 0.720. The molecule has 0 saturated carbocycles. The Morgan fingerprint density at radius 2 is 2.11 bits per heavy atom. The largest absolute Gasteiger partial charge is 0.376 e. The highest BCUT2D eigenvalue weighted by atomic mass is 79.9. The van der Waals surface area contributed by atoms with Crippen LogP contribution in [0.4, 0.5) is 5.82 Å². The smallest absolute Gasteiger partial charge is 0.159 e. The monoisotopic (exact) mass is 469 g/mol. The number of hydrogen-bond donors (Lipinski definition) is 2. The van der Waals surface area contributed by atoms with Gasteiger partial charge < -0.3 is 14.6 Å². The number of aromatic amines is 1. The topological polar surface area (TPSA) is 83.1 Å². The van der Waals surface area contributed by atoms with Gasteiger partial charge in [-0.1, -0.05) is 0 Å². The van der Waals surface area contributed by atoms with Crippen LogP contribution in [0.2, 0.25) is 0 Å². The summed E-state index contributed by atoms with van der Waals surface area (Å²) in [5.74, 6) is 0.895. The van der Waals surface area contributed by atoms with Crippen molar-refractivity contribution < 1.29 is 8.95 Å². The van der Waals surface area contributed by atoms with Crippen molar-refractivity contribution >= 4 is 43.9 Å². The molecule has 1 spiro atoms. The number of aromatic nitrogens is 3. The standard InChI is InChI=1S/C19H28BrN5O2S/c1-12-16(24-28(26)18(2,3)4)19(11-27-12)5-7-25(8-6-19)14-10-21-15-13(20)9-22-17(15)23-14/h9-10,12,16,24H,5-8,11H2,1-4H3,(H,22,23)/t12-,16+,28+/m0/s1. The Morgan fingerprint density at radius 3 is 2.79 bits per heavy atom. The maximum atomic E-state index is 12.7. The summed E-state index contributed by atoms with van der Waals surface area (Å²) in [7, 11) is -1.11. The minimum atomic E-state index is -1.11. The van der Waals surface area contributed by atoms with E-state index in [4.69, 9.17) is 9.72 Å². The molecule has 0 unspecified atom stereocenters. The lowest BCUT2D eigenvalue weighted by molar-refractivity contribution is 0.0973. The van der Waals surface area contributed by atoms with Gasteiger partial charge in [0, 0.05) is 24.7 Å². The average molecular weight is 470 g/mol. The van der Waals surface area contributed by atoms with Crippen molar-refractivity contribution in [3.05, 3.63) is 16.9 Å². The average Bonchev–Trinajstić information content (AvgIpc) is 3.17. The molecule has 0 aromatic carbocycles. The van der Waals surface area contributed by atoms with Crippen LogP contribution in [0.3, 0.4) is 0 Å². The van der Waals surface area contributed by atoms with Crippen molar-refractivity contribution in [3.63, 3.8) is 0 Å². The van der Waals surface area contributed by atoms with Gasteiger partial charge in [0.1, 0.15) is 11.3 Å². The molecule has 7 nitrogen and oxygen atoms in total. The molecule has 0 amide bonds. The number of halogens is 1. The Morgan fingerprint density at radius 1 is 1.39 bits per heavy atom. The van der Waals surface area contributed by atoms with Crippen LogP contribution in [-0.4, -0.2) is 55.8 Å². The molecule has 3 atom stereocenters. The lowest BCUT2D eigenvalue weighted by Gasteiger charge is -2.43. The van der Waals surface area contributed by atoms with E-state index >= 15 is 0 Å². The second-order valence-corrected chi connectivity index (χ2v) is 11.8. The highest BCUT2D eigenvalue weighted by molar-refractivity contribution is 9.10. The summed E-state index contributed by atoms with van der Waals surface area (Å²) in [6.07, 6.45) is 5.72. The summed E-state index contributed by atoms with van der Waals surface area (Å²) < 4.78 is 22.8. The molecule has 2 aromatic rings. The maximum Gasteiger partial charge on any atom is 0.159 e. The SMILES string of the molecule is C[C@@H]1OCC2(CCN(c3cnc4c(Br)c[nH]c4n3)CC2)[C@@H]1N[S@](=O)C(C)(C)C. The lowest BCUT2D eigenvalue weighted by Crippen LogP contribution is -2.55. The van der Waals surface area contributed by atoms with Gasteiger partial charge in [-0.25, -0.2) is 18.9 Å². The van der Waals surface area contributed by atoms with Gasteiger partial charge >= 0.3 is 0 Å². The number of anilines is 1. The fourth-order valence-electron chi connectivity index (χ4n) is 4.14. The second kappa shape index (κ2) is 7.34. The Labute approximate surface area is 176 Å². The molecule has 154 valence electrons. The van der Waals surface area contributed by atoms with E-state index in [9.17, 15) is 4.21 Å². The van der Waals surface area contributed by atoms with Crippen LogP contribution in [-0.2, 0) is 15.7 Å². The van der Waals surface area contributed by atoms with Crippen molar-refractivity contribution in [2.24, 2.45) is 5.41 Å². The van der Waals surface area contributed by atoms with Crippen molar-refractivity contribution in [2.45, 2.75) is 57.4 Å². The molecule has 2 fully saturated rings. The Bertz CT molecular complexity index is 888. The fourth-order valence-corrected chi connectivity index (χ4v) is 5.57. The van der Waals surface area contributed by atoms with Gasteiger partial charge in [0.2, 0.25) is 0 Å². The molecule has 2 N–H and O–H groups in total. The fraction of sp³-hybridized carbons (Fsp3) is 0.684. The molecule has 4 heterocycles. The summed E-state index contributed by atoms with van der Waals surface area (Å²) >= 11 is 3.48. The minimum Gasteiger partial charge on any atom is -0.376 e. The molecule has 2 aliphatic heterocycles. The first-order valence-corrected chi connectivity index (χ1v) is 11.7. The van der Waals surface area contributed by atoms with E-state index in [-0.39, 0.29) is 22.3 Å². The predicted molar refractivity (Wildman–Crippen MR) is 116 cm³/mol. The molecule has 28 heavy (non-hydrogen) atoms. The van der Waals surface area contributed by atoms with Crippen LogP contribution >= 0.6 is 15.9 Å². The molecule has 2 aliphatic rings. The van der Waals surface area contributed by atoms with Crippen LogP contribution in [0.5, 0.6) is 0 Å². The van der Waals surface area contributed by atoms with Crippen LogP contribution in [0.25, 0.3) is 11.2 Å². The third-order valence-corrected chi connectivity index (χ3v) is 8.14. The van der Waals surface area contributed by atoms with Crippen LogP contribution in [0.1, 0.15) is 40.5 Å². The number of H-pyrrole nitrogens is 1. The normalized spacial score (nSPS) is 26.2. The van der Waals surface area contributed by atoms with Crippen LogP contribution < -0.4 is 9.62 Å². The molecule has 0 bridgehead atoms. The predicted octanol–water partition coefficient (Wildman–Crippen LogP) is 3.15. The number of rotatable bonds is 3. The molecule has 4 rings (SSSR count). The van der Waals surface area contributed by atoms with Gasteiger partial charge in [0.05, 0.1) is 45.2 Å². The number of nitrogens with one attached hydrogen (secondary N) is 2. The third kappa shape index (κ3) is 3.62. The summed E-state index contributed by atoms with van der Waals surface area (Å²) in [6.45, 7) is 10.6. The van der Waals surface area contributed by atoms with Crippen molar-refractivity contribution in [2.75, 3.05) is 24.6 Å². The zero-order valence-electron chi connectivity index (χ0n) is 16.8. The number of nitrogens with zero attached hydrogens (tertiary/aromatic N) is 3. The molecule has 2 saturated heterocycles. The van der Waals surface area contributed by atoms with Crippen LogP contribution in [0, 0.1) is 5.41 Å². The Kier molecular flexibility index (Phi) is 5.31.